The molecule has 1 aromatic heterocycles. The third kappa shape index (κ3) is 3.96. The van der Waals surface area contributed by atoms with Crippen LogP contribution in [0.5, 0.6) is 0 Å². The molecule has 142 valence electrons. The second kappa shape index (κ2) is 7.75. The van der Waals surface area contributed by atoms with Crippen LogP contribution < -0.4 is 0 Å². The lowest BCUT2D eigenvalue weighted by molar-refractivity contribution is 0.398. The summed E-state index contributed by atoms with van der Waals surface area (Å²) < 4.78 is 30.7. The monoisotopic (exact) mass is 467 g/mol. The molecule has 1 atom stereocenters. The third-order valence-electron chi connectivity index (χ3n) is 4.46. The van der Waals surface area contributed by atoms with E-state index in [0.29, 0.717) is 10.8 Å². The SMILES string of the molecule is Cc1cc(S(=O)(=O)N(C)[C@H](c2ccc(Cl)cc2)c2nccn2C)ccc1Br. The molecule has 5 nitrogen and oxygen atoms in total. The summed E-state index contributed by atoms with van der Waals surface area (Å²) in [4.78, 5) is 4.63. The molecule has 0 saturated carbocycles. The van der Waals surface area contributed by atoms with Crippen molar-refractivity contribution in [3.05, 3.63) is 81.3 Å². The molecule has 0 unspecified atom stereocenters. The van der Waals surface area contributed by atoms with Crippen molar-refractivity contribution in [2.24, 2.45) is 7.05 Å². The summed E-state index contributed by atoms with van der Waals surface area (Å²) in [5, 5.41) is 0.589. The highest BCUT2D eigenvalue weighted by atomic mass is 79.9. The molecule has 0 spiro atoms. The van der Waals surface area contributed by atoms with Crippen LogP contribution in [-0.2, 0) is 17.1 Å². The van der Waals surface area contributed by atoms with Crippen LogP contribution in [0.4, 0.5) is 0 Å². The molecule has 0 bridgehead atoms. The lowest BCUT2D eigenvalue weighted by Crippen LogP contribution is -2.33. The van der Waals surface area contributed by atoms with Crippen molar-refractivity contribution in [1.29, 1.82) is 0 Å². The Morgan fingerprint density at radius 3 is 2.41 bits per heavy atom. The van der Waals surface area contributed by atoms with Gasteiger partial charge in [-0.05, 0) is 48.4 Å². The van der Waals surface area contributed by atoms with Crippen LogP contribution in [0.2, 0.25) is 5.02 Å². The number of halogens is 2. The van der Waals surface area contributed by atoms with Crippen molar-refractivity contribution in [1.82, 2.24) is 13.9 Å². The zero-order valence-corrected chi connectivity index (χ0v) is 18.3. The molecular formula is C19H19BrClN3O2S. The number of nitrogens with zero attached hydrogens (tertiary/aromatic N) is 3. The molecule has 0 radical (unpaired) electrons. The van der Waals surface area contributed by atoms with Crippen molar-refractivity contribution >= 4 is 37.6 Å². The normalized spacial score (nSPS) is 13.1. The molecule has 27 heavy (non-hydrogen) atoms. The van der Waals surface area contributed by atoms with Gasteiger partial charge in [0.25, 0.3) is 0 Å². The van der Waals surface area contributed by atoms with Gasteiger partial charge >= 0.3 is 0 Å². The highest BCUT2D eigenvalue weighted by Gasteiger charge is 2.32. The van der Waals surface area contributed by atoms with Gasteiger partial charge in [0.05, 0.1) is 4.90 Å². The second-order valence-electron chi connectivity index (χ2n) is 6.28. The van der Waals surface area contributed by atoms with Gasteiger partial charge < -0.3 is 4.57 Å². The molecule has 3 aromatic rings. The average molecular weight is 469 g/mol. The minimum Gasteiger partial charge on any atom is -0.336 e. The van der Waals surface area contributed by atoms with Crippen molar-refractivity contribution in [2.75, 3.05) is 7.05 Å². The average Bonchev–Trinajstić information content (AvgIpc) is 3.04. The quantitative estimate of drug-likeness (QED) is 0.552. The first-order valence-electron chi connectivity index (χ1n) is 8.18. The van der Waals surface area contributed by atoms with Crippen molar-refractivity contribution < 1.29 is 8.42 Å². The van der Waals surface area contributed by atoms with E-state index >= 15 is 0 Å². The van der Waals surface area contributed by atoms with Gasteiger partial charge in [-0.25, -0.2) is 13.4 Å². The Balaban J connectivity index is 2.12. The van der Waals surface area contributed by atoms with E-state index in [9.17, 15) is 8.42 Å². The minimum absolute atomic E-state index is 0.235. The summed E-state index contributed by atoms with van der Waals surface area (Å²) in [6.07, 6.45) is 3.45. The van der Waals surface area contributed by atoms with Crippen LogP contribution in [0, 0.1) is 6.92 Å². The van der Waals surface area contributed by atoms with Gasteiger partial charge in [-0.3, -0.25) is 0 Å². The summed E-state index contributed by atoms with van der Waals surface area (Å²) in [6, 6.07) is 11.5. The van der Waals surface area contributed by atoms with E-state index in [1.54, 1.807) is 49.8 Å². The standard InChI is InChI=1S/C19H19BrClN3O2S/c1-13-12-16(8-9-17(13)20)27(25,26)24(3)18(19-22-10-11-23(19)2)14-4-6-15(21)7-5-14/h4-12,18H,1-3H3/t18-/m1/s1. The van der Waals surface area contributed by atoms with Gasteiger partial charge in [0.1, 0.15) is 11.9 Å². The highest BCUT2D eigenvalue weighted by molar-refractivity contribution is 9.10. The number of hydrogen-bond donors (Lipinski definition) is 0. The molecule has 3 rings (SSSR count). The number of imidazole rings is 1. The van der Waals surface area contributed by atoms with E-state index in [1.807, 2.05) is 30.7 Å². The number of aryl methyl sites for hydroxylation is 2. The molecule has 8 heteroatoms. The Labute approximate surface area is 172 Å². The number of sulfonamides is 1. The summed E-state index contributed by atoms with van der Waals surface area (Å²) in [5.41, 5.74) is 1.64. The summed E-state index contributed by atoms with van der Waals surface area (Å²) >= 11 is 9.43. The highest BCUT2D eigenvalue weighted by Crippen LogP contribution is 2.32. The number of aromatic nitrogens is 2. The largest absolute Gasteiger partial charge is 0.336 e. The Kier molecular flexibility index (Phi) is 5.76. The van der Waals surface area contributed by atoms with E-state index < -0.39 is 16.1 Å². The van der Waals surface area contributed by atoms with E-state index in [1.165, 1.54) is 4.31 Å². The predicted molar refractivity (Wildman–Crippen MR) is 110 cm³/mol. The maximum absolute atomic E-state index is 13.3. The fraction of sp³-hybridized carbons (Fsp3) is 0.211. The lowest BCUT2D eigenvalue weighted by atomic mass is 10.1. The fourth-order valence-electron chi connectivity index (χ4n) is 2.89. The fourth-order valence-corrected chi connectivity index (χ4v) is 4.65. The van der Waals surface area contributed by atoms with Crippen LogP contribution in [-0.4, -0.2) is 29.3 Å². The van der Waals surface area contributed by atoms with Crippen LogP contribution in [0.15, 0.2) is 64.2 Å². The first-order valence-corrected chi connectivity index (χ1v) is 10.8. The van der Waals surface area contributed by atoms with E-state index in [0.717, 1.165) is 15.6 Å². The molecule has 0 N–H and O–H groups in total. The molecule has 0 aliphatic rings. The van der Waals surface area contributed by atoms with Gasteiger partial charge in [-0.15, -0.1) is 0 Å². The third-order valence-corrected chi connectivity index (χ3v) is 7.42. The van der Waals surface area contributed by atoms with Crippen molar-refractivity contribution in [3.63, 3.8) is 0 Å². The second-order valence-corrected chi connectivity index (χ2v) is 9.57. The van der Waals surface area contributed by atoms with Crippen LogP contribution in [0.3, 0.4) is 0 Å². The summed E-state index contributed by atoms with van der Waals surface area (Å²) in [5.74, 6) is 0.622. The maximum atomic E-state index is 13.3. The van der Waals surface area contributed by atoms with Crippen LogP contribution >= 0.6 is 27.5 Å². The topological polar surface area (TPSA) is 55.2 Å². The van der Waals surface area contributed by atoms with Crippen LogP contribution in [0.25, 0.3) is 0 Å². The van der Waals surface area contributed by atoms with E-state index in [-0.39, 0.29) is 4.90 Å². The predicted octanol–water partition coefficient (Wildman–Crippen LogP) is 4.55. The van der Waals surface area contributed by atoms with Gasteiger partial charge in [-0.1, -0.05) is 39.7 Å². The summed E-state index contributed by atoms with van der Waals surface area (Å²) in [6.45, 7) is 1.86. The smallest absolute Gasteiger partial charge is 0.243 e. The van der Waals surface area contributed by atoms with E-state index in [4.69, 9.17) is 11.6 Å². The molecule has 0 amide bonds. The molecule has 0 fully saturated rings. The Morgan fingerprint density at radius 1 is 1.19 bits per heavy atom. The molecular weight excluding hydrogens is 450 g/mol. The van der Waals surface area contributed by atoms with Crippen LogP contribution in [0.1, 0.15) is 23.0 Å². The number of hydrogen-bond acceptors (Lipinski definition) is 3. The summed E-state index contributed by atoms with van der Waals surface area (Å²) in [7, 11) is -0.339. The Bertz CT molecular complexity index is 1060. The first kappa shape index (κ1) is 20.1. The van der Waals surface area contributed by atoms with Gasteiger partial charge in [0.2, 0.25) is 10.0 Å². The maximum Gasteiger partial charge on any atom is 0.243 e. The molecule has 0 aliphatic heterocycles. The Morgan fingerprint density at radius 2 is 1.85 bits per heavy atom. The molecule has 1 heterocycles. The van der Waals surface area contributed by atoms with Gasteiger partial charge in [0.15, 0.2) is 0 Å². The number of benzene rings is 2. The van der Waals surface area contributed by atoms with Gasteiger partial charge in [0, 0.05) is 36.0 Å². The first-order chi connectivity index (χ1) is 12.7. The molecule has 0 saturated heterocycles. The van der Waals surface area contributed by atoms with E-state index in [2.05, 4.69) is 20.9 Å². The zero-order chi connectivity index (χ0) is 19.8. The Hall–Kier alpha value is -1.67. The van der Waals surface area contributed by atoms with Gasteiger partial charge in [-0.2, -0.15) is 4.31 Å². The zero-order valence-electron chi connectivity index (χ0n) is 15.1. The number of rotatable bonds is 5. The van der Waals surface area contributed by atoms with Crippen molar-refractivity contribution in [2.45, 2.75) is 17.9 Å². The molecule has 2 aromatic carbocycles. The minimum atomic E-state index is -3.75. The van der Waals surface area contributed by atoms with Crippen molar-refractivity contribution in [3.8, 4) is 0 Å². The lowest BCUT2D eigenvalue weighted by Gasteiger charge is -2.28. The molecule has 0 aliphatic carbocycles.